The highest BCUT2D eigenvalue weighted by molar-refractivity contribution is 6.30. The molecule has 0 fully saturated rings. The van der Waals surface area contributed by atoms with Crippen LogP contribution in [0.25, 0.3) is 0 Å². The Morgan fingerprint density at radius 2 is 1.83 bits per heavy atom. The molecule has 2 aromatic rings. The minimum absolute atomic E-state index is 0.0572. The van der Waals surface area contributed by atoms with E-state index in [-0.39, 0.29) is 12.6 Å². The van der Waals surface area contributed by atoms with Crippen molar-refractivity contribution < 1.29 is 18.3 Å². The molecular formula is C22H23ClF3N3O. The third-order valence-corrected chi connectivity index (χ3v) is 5.01. The van der Waals surface area contributed by atoms with Gasteiger partial charge in [-0.1, -0.05) is 41.9 Å². The lowest BCUT2D eigenvalue weighted by Gasteiger charge is -2.29. The fraction of sp³-hybridized carbons (Fsp3) is 0.318. The fourth-order valence-corrected chi connectivity index (χ4v) is 3.35. The molecule has 0 amide bonds. The third-order valence-electron chi connectivity index (χ3n) is 4.75. The lowest BCUT2D eigenvalue weighted by molar-refractivity contribution is -0.137. The van der Waals surface area contributed by atoms with Gasteiger partial charge in [0.2, 0.25) is 0 Å². The van der Waals surface area contributed by atoms with Crippen LogP contribution in [0.1, 0.15) is 23.1 Å². The first kappa shape index (κ1) is 22.2. The minimum atomic E-state index is -4.37. The number of alkyl halides is 3. The zero-order valence-electron chi connectivity index (χ0n) is 16.2. The number of benzene rings is 2. The van der Waals surface area contributed by atoms with Crippen LogP contribution in [0.2, 0.25) is 5.02 Å². The molecule has 0 spiro atoms. The fourth-order valence-electron chi connectivity index (χ4n) is 3.22. The van der Waals surface area contributed by atoms with Gasteiger partial charge in [0.05, 0.1) is 11.6 Å². The first-order chi connectivity index (χ1) is 14.3. The molecule has 8 heteroatoms. The van der Waals surface area contributed by atoms with Gasteiger partial charge in [-0.3, -0.25) is 4.99 Å². The Morgan fingerprint density at radius 1 is 1.07 bits per heavy atom. The second kappa shape index (κ2) is 10.00. The second-order valence-electron chi connectivity index (χ2n) is 7.07. The predicted molar refractivity (Wildman–Crippen MR) is 112 cm³/mol. The molecule has 0 saturated heterocycles. The summed E-state index contributed by atoms with van der Waals surface area (Å²) >= 11 is 5.97. The van der Waals surface area contributed by atoms with Crippen molar-refractivity contribution in [2.45, 2.75) is 31.5 Å². The number of aliphatic imine (C=N–C) groups is 1. The van der Waals surface area contributed by atoms with E-state index >= 15 is 0 Å². The molecule has 1 heterocycles. The first-order valence-electron chi connectivity index (χ1n) is 9.63. The summed E-state index contributed by atoms with van der Waals surface area (Å²) in [4.78, 5) is 4.39. The Balaban J connectivity index is 1.81. The molecule has 3 N–H and O–H groups in total. The number of nitrogens with one attached hydrogen (secondary N) is 2. The van der Waals surface area contributed by atoms with Gasteiger partial charge in [0.15, 0.2) is 5.96 Å². The Hall–Kier alpha value is -2.51. The van der Waals surface area contributed by atoms with Gasteiger partial charge in [-0.15, -0.1) is 0 Å². The van der Waals surface area contributed by atoms with Crippen molar-refractivity contribution >= 4 is 17.6 Å². The van der Waals surface area contributed by atoms with E-state index in [0.29, 0.717) is 42.4 Å². The third kappa shape index (κ3) is 6.24. The quantitative estimate of drug-likeness (QED) is 0.565. The summed E-state index contributed by atoms with van der Waals surface area (Å²) in [7, 11) is 0. The second-order valence-corrected chi connectivity index (χ2v) is 7.51. The van der Waals surface area contributed by atoms with Crippen LogP contribution in [-0.4, -0.2) is 30.3 Å². The van der Waals surface area contributed by atoms with E-state index in [0.717, 1.165) is 17.2 Å². The smallest absolute Gasteiger partial charge is 0.396 e. The van der Waals surface area contributed by atoms with E-state index in [1.54, 1.807) is 12.3 Å². The molecule has 1 unspecified atom stereocenters. The number of hydrogen-bond acceptors (Lipinski definition) is 2. The lowest BCUT2D eigenvalue weighted by atomic mass is 9.93. The van der Waals surface area contributed by atoms with E-state index in [1.165, 1.54) is 12.1 Å². The summed E-state index contributed by atoms with van der Waals surface area (Å²) in [6.07, 6.45) is -1.03. The van der Waals surface area contributed by atoms with Gasteiger partial charge in [-0.25, -0.2) is 0 Å². The summed E-state index contributed by atoms with van der Waals surface area (Å²) in [5.74, 6) is 0.579. The van der Waals surface area contributed by atoms with Crippen molar-refractivity contribution in [3.8, 4) is 0 Å². The van der Waals surface area contributed by atoms with Crippen LogP contribution in [0.3, 0.4) is 0 Å². The Bertz CT molecular complexity index is 911. The van der Waals surface area contributed by atoms with Crippen molar-refractivity contribution in [2.24, 2.45) is 4.99 Å². The van der Waals surface area contributed by atoms with Gasteiger partial charge < -0.3 is 15.7 Å². The van der Waals surface area contributed by atoms with Crippen molar-refractivity contribution in [2.75, 3.05) is 13.2 Å². The molecule has 30 heavy (non-hydrogen) atoms. The van der Waals surface area contributed by atoms with Crippen molar-refractivity contribution in [1.29, 1.82) is 0 Å². The molecule has 1 aliphatic heterocycles. The van der Waals surface area contributed by atoms with Crippen molar-refractivity contribution in [3.63, 3.8) is 0 Å². The average Bonchev–Trinajstić information content (AvgIpc) is 2.71. The molecule has 2 aromatic carbocycles. The molecular weight excluding hydrogens is 415 g/mol. The minimum Gasteiger partial charge on any atom is -0.396 e. The number of aliphatic hydroxyl groups is 1. The summed E-state index contributed by atoms with van der Waals surface area (Å²) in [6, 6.07) is 12.7. The Morgan fingerprint density at radius 3 is 2.53 bits per heavy atom. The molecule has 4 nitrogen and oxygen atoms in total. The van der Waals surface area contributed by atoms with Gasteiger partial charge in [0.25, 0.3) is 0 Å². The number of guanidine groups is 1. The van der Waals surface area contributed by atoms with Crippen LogP contribution in [0.4, 0.5) is 13.2 Å². The van der Waals surface area contributed by atoms with E-state index in [9.17, 15) is 13.2 Å². The molecule has 0 aromatic heterocycles. The molecule has 0 saturated carbocycles. The highest BCUT2D eigenvalue weighted by Gasteiger charge is 2.30. The summed E-state index contributed by atoms with van der Waals surface area (Å²) < 4.78 is 39.2. The molecule has 0 radical (unpaired) electrons. The van der Waals surface area contributed by atoms with Gasteiger partial charge in [0, 0.05) is 24.4 Å². The highest BCUT2D eigenvalue weighted by atomic mass is 35.5. The topological polar surface area (TPSA) is 56.7 Å². The Kier molecular flexibility index (Phi) is 7.39. The van der Waals surface area contributed by atoms with E-state index in [4.69, 9.17) is 16.7 Å². The number of halogens is 4. The van der Waals surface area contributed by atoms with Crippen LogP contribution in [0.5, 0.6) is 0 Å². The number of hydrogen-bond donors (Lipinski definition) is 3. The zero-order valence-corrected chi connectivity index (χ0v) is 17.0. The van der Waals surface area contributed by atoms with Crippen LogP contribution in [0.15, 0.2) is 65.3 Å². The maximum atomic E-state index is 13.1. The summed E-state index contributed by atoms with van der Waals surface area (Å²) in [6.45, 7) is 0.526. The highest BCUT2D eigenvalue weighted by Crippen LogP contribution is 2.30. The standard InChI is InChI=1S/C22H23ClF3N3O/c23-19-7-5-15(6-8-19)13-20-17(14-28-21(29-20)27-9-2-10-30)11-16-3-1-4-18(12-16)22(24,25)26/h1,3-8,12,14,20,30H,2,9-11,13H2,(H2,27,28,29). The summed E-state index contributed by atoms with van der Waals surface area (Å²) in [5, 5.41) is 16.0. The van der Waals surface area contributed by atoms with Crippen LogP contribution in [0, 0.1) is 0 Å². The van der Waals surface area contributed by atoms with Gasteiger partial charge in [-0.05, 0) is 54.2 Å². The van der Waals surface area contributed by atoms with Crippen LogP contribution in [-0.2, 0) is 19.0 Å². The first-order valence-corrected chi connectivity index (χ1v) is 10.0. The van der Waals surface area contributed by atoms with Crippen molar-refractivity contribution in [3.05, 3.63) is 82.0 Å². The predicted octanol–water partition coefficient (Wildman–Crippen LogP) is 4.33. The zero-order chi connectivity index (χ0) is 21.6. The largest absolute Gasteiger partial charge is 0.416 e. The van der Waals surface area contributed by atoms with Crippen molar-refractivity contribution in [1.82, 2.24) is 10.6 Å². The number of rotatable bonds is 7. The summed E-state index contributed by atoms with van der Waals surface area (Å²) in [5.41, 5.74) is 1.90. The lowest BCUT2D eigenvalue weighted by Crippen LogP contribution is -2.48. The van der Waals surface area contributed by atoms with Gasteiger partial charge in [0.1, 0.15) is 0 Å². The van der Waals surface area contributed by atoms with Crippen LogP contribution < -0.4 is 10.6 Å². The maximum Gasteiger partial charge on any atom is 0.416 e. The average molecular weight is 438 g/mol. The SMILES string of the molecule is OCCCN=C1NC=C(Cc2cccc(C(F)(F)F)c2)C(Cc2ccc(Cl)cc2)N1. The van der Waals surface area contributed by atoms with Gasteiger partial charge >= 0.3 is 6.18 Å². The molecule has 3 rings (SSSR count). The molecule has 1 atom stereocenters. The van der Waals surface area contributed by atoms with E-state index in [2.05, 4.69) is 15.6 Å². The number of nitrogens with zero attached hydrogens (tertiary/aromatic N) is 1. The van der Waals surface area contributed by atoms with E-state index in [1.807, 2.05) is 24.3 Å². The van der Waals surface area contributed by atoms with E-state index < -0.39 is 11.7 Å². The number of aliphatic hydroxyl groups excluding tert-OH is 1. The molecule has 1 aliphatic rings. The maximum absolute atomic E-state index is 13.1. The molecule has 160 valence electrons. The van der Waals surface area contributed by atoms with Crippen LogP contribution >= 0.6 is 11.6 Å². The van der Waals surface area contributed by atoms with Gasteiger partial charge in [-0.2, -0.15) is 13.2 Å². The monoisotopic (exact) mass is 437 g/mol. The molecule has 0 aliphatic carbocycles. The normalized spacial score (nSPS) is 18.0. The molecule has 0 bridgehead atoms. The Labute approximate surface area is 178 Å².